The molecule has 2 aromatic rings. The lowest BCUT2D eigenvalue weighted by atomic mass is 9.80. The molecule has 1 saturated heterocycles. The minimum atomic E-state index is -0.166. The molecule has 2 atom stereocenters. The summed E-state index contributed by atoms with van der Waals surface area (Å²) in [5.41, 5.74) is 2.70. The van der Waals surface area contributed by atoms with Crippen molar-refractivity contribution in [3.63, 3.8) is 0 Å². The molecule has 1 fully saturated rings. The number of halogens is 1. The summed E-state index contributed by atoms with van der Waals surface area (Å²) in [6.07, 6.45) is 3.56. The SMILES string of the molecule is CCCCN1CC[C@H](c2ccc(F)cc2)[C@@H](COc2ccc(C(C)(C)C)cc2)C1. The minimum Gasteiger partial charge on any atom is -0.493 e. The molecule has 0 N–H and O–H groups in total. The fourth-order valence-electron chi connectivity index (χ4n) is 4.26. The zero-order valence-electron chi connectivity index (χ0n) is 18.5. The Hall–Kier alpha value is -1.87. The van der Waals surface area contributed by atoms with Crippen LogP contribution in [-0.4, -0.2) is 31.1 Å². The van der Waals surface area contributed by atoms with Crippen molar-refractivity contribution in [3.8, 4) is 5.75 Å². The summed E-state index contributed by atoms with van der Waals surface area (Å²) >= 11 is 0. The number of rotatable bonds is 7. The van der Waals surface area contributed by atoms with Crippen molar-refractivity contribution in [1.82, 2.24) is 4.90 Å². The molecule has 0 spiro atoms. The van der Waals surface area contributed by atoms with Crippen LogP contribution in [0.4, 0.5) is 4.39 Å². The van der Waals surface area contributed by atoms with Crippen molar-refractivity contribution < 1.29 is 9.13 Å². The maximum Gasteiger partial charge on any atom is 0.123 e. The van der Waals surface area contributed by atoms with Crippen LogP contribution in [-0.2, 0) is 5.41 Å². The van der Waals surface area contributed by atoms with Gasteiger partial charge in [-0.25, -0.2) is 4.39 Å². The van der Waals surface area contributed by atoms with Gasteiger partial charge < -0.3 is 9.64 Å². The van der Waals surface area contributed by atoms with E-state index in [9.17, 15) is 4.39 Å². The summed E-state index contributed by atoms with van der Waals surface area (Å²) in [6, 6.07) is 15.6. The van der Waals surface area contributed by atoms with Crippen molar-refractivity contribution in [2.75, 3.05) is 26.2 Å². The summed E-state index contributed by atoms with van der Waals surface area (Å²) in [7, 11) is 0. The highest BCUT2D eigenvalue weighted by Gasteiger charge is 2.30. The Morgan fingerprint density at radius 2 is 1.72 bits per heavy atom. The Bertz CT molecular complexity index is 748. The first-order valence-corrected chi connectivity index (χ1v) is 11.1. The second-order valence-electron chi connectivity index (χ2n) is 9.45. The predicted octanol–water partition coefficient (Wildman–Crippen LogP) is 6.41. The monoisotopic (exact) mass is 397 g/mol. The Balaban J connectivity index is 1.69. The van der Waals surface area contributed by atoms with Crippen LogP contribution in [0.1, 0.15) is 64.0 Å². The third-order valence-electron chi connectivity index (χ3n) is 6.13. The number of likely N-dealkylation sites (tertiary alicyclic amines) is 1. The van der Waals surface area contributed by atoms with Crippen molar-refractivity contribution in [2.24, 2.45) is 5.92 Å². The molecule has 3 rings (SSSR count). The molecule has 0 aliphatic carbocycles. The van der Waals surface area contributed by atoms with E-state index in [0.717, 1.165) is 31.8 Å². The number of nitrogens with zero attached hydrogens (tertiary/aromatic N) is 1. The van der Waals surface area contributed by atoms with Crippen LogP contribution in [0.25, 0.3) is 0 Å². The maximum absolute atomic E-state index is 13.4. The van der Waals surface area contributed by atoms with E-state index in [4.69, 9.17) is 4.74 Å². The van der Waals surface area contributed by atoms with E-state index in [1.54, 1.807) is 12.1 Å². The van der Waals surface area contributed by atoms with Gasteiger partial charge in [0.05, 0.1) is 6.61 Å². The largest absolute Gasteiger partial charge is 0.493 e. The lowest BCUT2D eigenvalue weighted by Crippen LogP contribution is -2.42. The van der Waals surface area contributed by atoms with Gasteiger partial charge in [-0.2, -0.15) is 0 Å². The summed E-state index contributed by atoms with van der Waals surface area (Å²) in [4.78, 5) is 2.57. The quantitative estimate of drug-likeness (QED) is 0.535. The van der Waals surface area contributed by atoms with E-state index in [-0.39, 0.29) is 11.2 Å². The topological polar surface area (TPSA) is 12.5 Å². The third kappa shape index (κ3) is 6.05. The van der Waals surface area contributed by atoms with Gasteiger partial charge in [0.1, 0.15) is 11.6 Å². The summed E-state index contributed by atoms with van der Waals surface area (Å²) < 4.78 is 19.6. The molecule has 1 heterocycles. The Morgan fingerprint density at radius 3 is 2.34 bits per heavy atom. The number of hydrogen-bond acceptors (Lipinski definition) is 2. The van der Waals surface area contributed by atoms with Crippen LogP contribution in [0.5, 0.6) is 5.75 Å². The van der Waals surface area contributed by atoms with Gasteiger partial charge in [-0.1, -0.05) is 58.4 Å². The van der Waals surface area contributed by atoms with Crippen molar-refractivity contribution in [1.29, 1.82) is 0 Å². The molecule has 0 radical (unpaired) electrons. The van der Waals surface area contributed by atoms with Crippen molar-refractivity contribution in [3.05, 3.63) is 65.5 Å². The molecule has 0 amide bonds. The van der Waals surface area contributed by atoms with Crippen LogP contribution < -0.4 is 4.74 Å². The first kappa shape index (κ1) is 21.8. The number of piperidine rings is 1. The van der Waals surface area contributed by atoms with Gasteiger partial charge in [0, 0.05) is 12.5 Å². The van der Waals surface area contributed by atoms with E-state index < -0.39 is 0 Å². The Kier molecular flexibility index (Phi) is 7.34. The van der Waals surface area contributed by atoms with E-state index >= 15 is 0 Å². The molecular formula is C26H36FNO. The Labute approximate surface area is 176 Å². The number of unbranched alkanes of at least 4 members (excludes halogenated alkanes) is 1. The standard InChI is InChI=1S/C26H36FNO/c1-5-6-16-28-17-15-25(20-7-11-23(27)12-8-20)21(18-28)19-29-24-13-9-22(10-14-24)26(2,3)4/h7-14,21,25H,5-6,15-19H2,1-4H3/t21-,25-/m1/s1. The zero-order chi connectivity index (χ0) is 20.9. The van der Waals surface area contributed by atoms with Crippen molar-refractivity contribution >= 4 is 0 Å². The minimum absolute atomic E-state index is 0.148. The molecule has 29 heavy (non-hydrogen) atoms. The molecule has 2 nitrogen and oxygen atoms in total. The summed E-state index contributed by atoms with van der Waals surface area (Å²) in [6.45, 7) is 12.9. The van der Waals surface area contributed by atoms with Gasteiger partial charge in [-0.3, -0.25) is 0 Å². The second kappa shape index (κ2) is 9.75. The Morgan fingerprint density at radius 1 is 1.03 bits per heavy atom. The van der Waals surface area contributed by atoms with Crippen LogP contribution in [0.3, 0.4) is 0 Å². The first-order chi connectivity index (χ1) is 13.9. The van der Waals surface area contributed by atoms with Crippen LogP contribution in [0.2, 0.25) is 0 Å². The van der Waals surface area contributed by atoms with E-state index in [1.807, 2.05) is 12.1 Å². The van der Waals surface area contributed by atoms with Crippen LogP contribution in [0.15, 0.2) is 48.5 Å². The average Bonchev–Trinajstić information content (AvgIpc) is 2.71. The predicted molar refractivity (Wildman–Crippen MR) is 119 cm³/mol. The average molecular weight is 398 g/mol. The van der Waals surface area contributed by atoms with Gasteiger partial charge in [0.25, 0.3) is 0 Å². The smallest absolute Gasteiger partial charge is 0.123 e. The van der Waals surface area contributed by atoms with Crippen LogP contribution in [0, 0.1) is 11.7 Å². The molecule has 3 heteroatoms. The molecule has 0 saturated carbocycles. The fraction of sp³-hybridized carbons (Fsp3) is 0.538. The summed E-state index contributed by atoms with van der Waals surface area (Å²) in [5.74, 6) is 1.60. The highest BCUT2D eigenvalue weighted by Crippen LogP contribution is 2.34. The van der Waals surface area contributed by atoms with Crippen molar-refractivity contribution in [2.45, 2.75) is 58.3 Å². The molecular weight excluding hydrogens is 361 g/mol. The first-order valence-electron chi connectivity index (χ1n) is 11.1. The second-order valence-corrected chi connectivity index (χ2v) is 9.45. The van der Waals surface area contributed by atoms with Gasteiger partial charge in [-0.05, 0) is 72.7 Å². The highest BCUT2D eigenvalue weighted by atomic mass is 19.1. The third-order valence-corrected chi connectivity index (χ3v) is 6.13. The summed E-state index contributed by atoms with van der Waals surface area (Å²) in [5, 5.41) is 0. The van der Waals surface area contributed by atoms with Gasteiger partial charge in [0.2, 0.25) is 0 Å². The zero-order valence-corrected chi connectivity index (χ0v) is 18.5. The normalized spacial score (nSPS) is 20.6. The molecule has 0 aromatic heterocycles. The maximum atomic E-state index is 13.4. The highest BCUT2D eigenvalue weighted by molar-refractivity contribution is 5.31. The van der Waals surface area contributed by atoms with E-state index in [2.05, 4.69) is 56.9 Å². The number of hydrogen-bond donors (Lipinski definition) is 0. The number of benzene rings is 2. The fourth-order valence-corrected chi connectivity index (χ4v) is 4.26. The van der Waals surface area contributed by atoms with E-state index in [0.29, 0.717) is 18.4 Å². The molecule has 0 bridgehead atoms. The van der Waals surface area contributed by atoms with Gasteiger partial charge >= 0.3 is 0 Å². The molecule has 1 aliphatic rings. The molecule has 2 aromatic carbocycles. The van der Waals surface area contributed by atoms with E-state index in [1.165, 1.54) is 24.0 Å². The number of ether oxygens (including phenoxy) is 1. The van der Waals surface area contributed by atoms with Crippen LogP contribution >= 0.6 is 0 Å². The molecule has 158 valence electrons. The molecule has 0 unspecified atom stereocenters. The lowest BCUT2D eigenvalue weighted by Gasteiger charge is -2.39. The van der Waals surface area contributed by atoms with Gasteiger partial charge in [-0.15, -0.1) is 0 Å². The lowest BCUT2D eigenvalue weighted by molar-refractivity contribution is 0.110. The molecule has 1 aliphatic heterocycles. The van der Waals surface area contributed by atoms with Gasteiger partial charge in [0.15, 0.2) is 0 Å².